The molecule has 132 valence electrons. The molecule has 1 atom stereocenters. The highest BCUT2D eigenvalue weighted by molar-refractivity contribution is 5.61. The Morgan fingerprint density at radius 1 is 1.19 bits per heavy atom. The summed E-state index contributed by atoms with van der Waals surface area (Å²) >= 11 is 0. The second kappa shape index (κ2) is 6.12. The van der Waals surface area contributed by atoms with E-state index in [1.165, 1.54) is 10.7 Å². The van der Waals surface area contributed by atoms with Crippen LogP contribution in [0.15, 0.2) is 40.9 Å². The van der Waals surface area contributed by atoms with Crippen LogP contribution in [0, 0.1) is 6.92 Å². The molecule has 0 aliphatic heterocycles. The van der Waals surface area contributed by atoms with Crippen LogP contribution >= 0.6 is 0 Å². The first-order valence-corrected chi connectivity index (χ1v) is 7.92. The van der Waals surface area contributed by atoms with Crippen molar-refractivity contribution in [3.8, 4) is 23.2 Å². The lowest BCUT2D eigenvalue weighted by atomic mass is 10.2. The fraction of sp³-hybridized carbons (Fsp3) is 0.176. The number of furan rings is 1. The fourth-order valence-corrected chi connectivity index (χ4v) is 2.49. The molecule has 0 aliphatic carbocycles. The Kier molecular flexibility index (Phi) is 3.77. The molecular formula is C17H16N6O3. The zero-order chi connectivity index (χ0) is 18.3. The third kappa shape index (κ3) is 2.84. The van der Waals surface area contributed by atoms with E-state index in [-0.39, 0.29) is 5.95 Å². The summed E-state index contributed by atoms with van der Waals surface area (Å²) in [6.07, 6.45) is 0.800. The molecule has 0 amide bonds. The molecule has 26 heavy (non-hydrogen) atoms. The second-order valence-corrected chi connectivity index (χ2v) is 5.74. The van der Waals surface area contributed by atoms with Gasteiger partial charge in [-0.05, 0) is 32.0 Å². The Morgan fingerprint density at radius 3 is 2.77 bits per heavy atom. The van der Waals surface area contributed by atoms with Gasteiger partial charge in [-0.15, -0.1) is 0 Å². The summed E-state index contributed by atoms with van der Waals surface area (Å²) in [5, 5.41) is 13.9. The minimum atomic E-state index is -0.700. The van der Waals surface area contributed by atoms with Gasteiger partial charge in [0.2, 0.25) is 23.3 Å². The number of hydrogen-bond donors (Lipinski definition) is 2. The highest BCUT2D eigenvalue weighted by Gasteiger charge is 2.17. The van der Waals surface area contributed by atoms with E-state index in [1.54, 1.807) is 31.2 Å². The number of aliphatic hydroxyl groups excluding tert-OH is 1. The maximum absolute atomic E-state index is 9.66. The molecule has 4 heterocycles. The van der Waals surface area contributed by atoms with Crippen LogP contribution in [0.5, 0.6) is 11.6 Å². The van der Waals surface area contributed by atoms with E-state index >= 15 is 0 Å². The summed E-state index contributed by atoms with van der Waals surface area (Å²) in [7, 11) is 0. The third-order valence-electron chi connectivity index (χ3n) is 3.70. The van der Waals surface area contributed by atoms with Gasteiger partial charge >= 0.3 is 0 Å². The molecule has 0 bridgehead atoms. The van der Waals surface area contributed by atoms with Gasteiger partial charge in [-0.1, -0.05) is 6.07 Å². The summed E-state index contributed by atoms with van der Waals surface area (Å²) < 4.78 is 12.9. The molecule has 9 heteroatoms. The van der Waals surface area contributed by atoms with Gasteiger partial charge < -0.3 is 20.0 Å². The Morgan fingerprint density at radius 2 is 2.04 bits per heavy atom. The standard InChI is InChI=1S/C17H16N6O3/c1-9-6-7-12(25-9)15-21-17(18)22-16-13(8-19-23(15)16)26-14-5-3-4-11(20-14)10(2)24/h3-8,10,24H,1-2H3,(H2,18,22). The predicted octanol–water partition coefficient (Wildman–Crippen LogP) is 2.52. The SMILES string of the molecule is Cc1ccc(-c2nc(N)nc3c(Oc4cccc(C(C)O)n4)cnn23)o1. The van der Waals surface area contributed by atoms with Crippen LogP contribution in [-0.2, 0) is 0 Å². The maximum Gasteiger partial charge on any atom is 0.224 e. The maximum atomic E-state index is 9.66. The quantitative estimate of drug-likeness (QED) is 0.574. The number of nitrogens with two attached hydrogens (primary N) is 1. The van der Waals surface area contributed by atoms with Crippen molar-refractivity contribution >= 4 is 11.6 Å². The molecule has 0 aromatic carbocycles. The van der Waals surface area contributed by atoms with Crippen molar-refractivity contribution in [3.63, 3.8) is 0 Å². The first-order valence-electron chi connectivity index (χ1n) is 7.92. The van der Waals surface area contributed by atoms with E-state index in [9.17, 15) is 5.11 Å². The number of aliphatic hydroxyl groups is 1. The molecule has 0 spiro atoms. The number of aryl methyl sites for hydroxylation is 1. The number of nitrogens with zero attached hydrogens (tertiary/aromatic N) is 5. The lowest BCUT2D eigenvalue weighted by Gasteiger charge is -2.07. The topological polar surface area (TPSA) is 125 Å². The number of hydrogen-bond acceptors (Lipinski definition) is 8. The molecule has 0 aliphatic rings. The molecule has 0 fully saturated rings. The van der Waals surface area contributed by atoms with Crippen molar-refractivity contribution in [2.45, 2.75) is 20.0 Å². The average molecular weight is 352 g/mol. The average Bonchev–Trinajstić information content (AvgIpc) is 3.21. The van der Waals surface area contributed by atoms with E-state index in [4.69, 9.17) is 14.9 Å². The summed E-state index contributed by atoms with van der Waals surface area (Å²) in [5.74, 6) is 2.42. The number of rotatable bonds is 4. The highest BCUT2D eigenvalue weighted by atomic mass is 16.5. The number of pyridine rings is 1. The van der Waals surface area contributed by atoms with E-state index in [0.717, 1.165) is 5.76 Å². The largest absolute Gasteiger partial charge is 0.458 e. The fourth-order valence-electron chi connectivity index (χ4n) is 2.49. The van der Waals surface area contributed by atoms with E-state index in [1.807, 2.05) is 13.0 Å². The Labute approximate surface area is 148 Å². The molecule has 4 aromatic heterocycles. The Bertz CT molecular complexity index is 1090. The van der Waals surface area contributed by atoms with E-state index in [2.05, 4.69) is 20.1 Å². The zero-order valence-electron chi connectivity index (χ0n) is 14.1. The van der Waals surface area contributed by atoms with E-state index in [0.29, 0.717) is 34.6 Å². The van der Waals surface area contributed by atoms with Gasteiger partial charge in [0.05, 0.1) is 18.0 Å². The Balaban J connectivity index is 1.78. The van der Waals surface area contributed by atoms with Gasteiger partial charge in [0.1, 0.15) is 5.76 Å². The molecule has 0 saturated heterocycles. The molecule has 0 radical (unpaired) electrons. The van der Waals surface area contributed by atoms with Crippen LogP contribution in [0.1, 0.15) is 24.5 Å². The predicted molar refractivity (Wildman–Crippen MR) is 92.6 cm³/mol. The monoisotopic (exact) mass is 352 g/mol. The van der Waals surface area contributed by atoms with Gasteiger partial charge in [-0.3, -0.25) is 0 Å². The number of nitrogen functional groups attached to an aromatic ring is 1. The second-order valence-electron chi connectivity index (χ2n) is 5.74. The highest BCUT2D eigenvalue weighted by Crippen LogP contribution is 2.28. The van der Waals surface area contributed by atoms with Gasteiger partial charge in [-0.25, -0.2) is 4.98 Å². The number of aromatic nitrogens is 5. The molecule has 4 aromatic rings. The van der Waals surface area contributed by atoms with Gasteiger partial charge in [0.25, 0.3) is 0 Å². The number of ether oxygens (including phenoxy) is 1. The van der Waals surface area contributed by atoms with Crippen LogP contribution in [-0.4, -0.2) is 29.7 Å². The van der Waals surface area contributed by atoms with Crippen LogP contribution in [0.3, 0.4) is 0 Å². The van der Waals surface area contributed by atoms with Crippen molar-refractivity contribution in [1.82, 2.24) is 24.6 Å². The zero-order valence-corrected chi connectivity index (χ0v) is 14.1. The summed E-state index contributed by atoms with van der Waals surface area (Å²) in [6, 6.07) is 8.75. The molecule has 9 nitrogen and oxygen atoms in total. The molecule has 0 saturated carbocycles. The minimum Gasteiger partial charge on any atom is -0.458 e. The molecule has 1 unspecified atom stereocenters. The molecular weight excluding hydrogens is 336 g/mol. The molecule has 3 N–H and O–H groups in total. The van der Waals surface area contributed by atoms with Crippen molar-refractivity contribution < 1.29 is 14.3 Å². The molecule has 4 rings (SSSR count). The van der Waals surface area contributed by atoms with Crippen LogP contribution < -0.4 is 10.5 Å². The van der Waals surface area contributed by atoms with E-state index < -0.39 is 6.10 Å². The van der Waals surface area contributed by atoms with Crippen molar-refractivity contribution in [3.05, 3.63) is 48.0 Å². The smallest absolute Gasteiger partial charge is 0.224 e. The first kappa shape index (κ1) is 16.0. The third-order valence-corrected chi connectivity index (χ3v) is 3.70. The lowest BCUT2D eigenvalue weighted by molar-refractivity contribution is 0.193. The summed E-state index contributed by atoms with van der Waals surface area (Å²) in [4.78, 5) is 12.7. The first-order chi connectivity index (χ1) is 12.5. The number of anilines is 1. The normalized spacial score (nSPS) is 12.4. The van der Waals surface area contributed by atoms with Crippen molar-refractivity contribution in [1.29, 1.82) is 0 Å². The minimum absolute atomic E-state index is 0.0672. The van der Waals surface area contributed by atoms with Gasteiger partial charge in [-0.2, -0.15) is 19.6 Å². The van der Waals surface area contributed by atoms with Gasteiger partial charge in [0, 0.05) is 6.07 Å². The van der Waals surface area contributed by atoms with Crippen molar-refractivity contribution in [2.75, 3.05) is 5.73 Å². The lowest BCUT2D eigenvalue weighted by Crippen LogP contribution is -2.04. The summed E-state index contributed by atoms with van der Waals surface area (Å²) in [5.41, 5.74) is 6.73. The number of fused-ring (bicyclic) bond motifs is 1. The van der Waals surface area contributed by atoms with Crippen LogP contribution in [0.25, 0.3) is 17.2 Å². The summed E-state index contributed by atoms with van der Waals surface area (Å²) in [6.45, 7) is 3.47. The van der Waals surface area contributed by atoms with Crippen molar-refractivity contribution in [2.24, 2.45) is 0 Å². The Hall–Kier alpha value is -3.46. The van der Waals surface area contributed by atoms with Crippen LogP contribution in [0.4, 0.5) is 5.95 Å². The van der Waals surface area contributed by atoms with Crippen LogP contribution in [0.2, 0.25) is 0 Å². The van der Waals surface area contributed by atoms with Gasteiger partial charge in [0.15, 0.2) is 11.5 Å².